The van der Waals surface area contributed by atoms with Crippen molar-refractivity contribution >= 4 is 5.95 Å². The Kier molecular flexibility index (Phi) is 4.65. The highest BCUT2D eigenvalue weighted by Crippen LogP contribution is 2.37. The van der Waals surface area contributed by atoms with Crippen LogP contribution in [0.2, 0.25) is 0 Å². The van der Waals surface area contributed by atoms with Crippen molar-refractivity contribution < 1.29 is 4.52 Å². The lowest BCUT2D eigenvalue weighted by molar-refractivity contribution is 0.416. The molecular formula is C22H23N7O2. The molecule has 0 saturated carbocycles. The highest BCUT2D eigenvalue weighted by Gasteiger charge is 2.32. The lowest BCUT2D eigenvalue weighted by Crippen LogP contribution is -2.25. The molecule has 1 atom stereocenters. The zero-order valence-electron chi connectivity index (χ0n) is 17.7. The molecule has 0 spiro atoms. The highest BCUT2D eigenvalue weighted by molar-refractivity contribution is 5.59. The minimum Gasteiger partial charge on any atom is -0.356 e. The third kappa shape index (κ3) is 3.41. The lowest BCUT2D eigenvalue weighted by Gasteiger charge is -2.23. The van der Waals surface area contributed by atoms with Crippen molar-refractivity contribution in [3.63, 3.8) is 0 Å². The van der Waals surface area contributed by atoms with Gasteiger partial charge in [-0.3, -0.25) is 9.36 Å². The summed E-state index contributed by atoms with van der Waals surface area (Å²) in [6.45, 7) is 2.90. The molecule has 1 aliphatic heterocycles. The van der Waals surface area contributed by atoms with Gasteiger partial charge in [0.05, 0.1) is 12.2 Å². The van der Waals surface area contributed by atoms with Gasteiger partial charge in [0.1, 0.15) is 5.69 Å². The van der Waals surface area contributed by atoms with Crippen LogP contribution < -0.4 is 10.5 Å². The van der Waals surface area contributed by atoms with E-state index in [2.05, 4.69) is 44.4 Å². The van der Waals surface area contributed by atoms with Crippen LogP contribution in [0.5, 0.6) is 0 Å². The molecule has 1 saturated heterocycles. The van der Waals surface area contributed by atoms with E-state index in [0.717, 1.165) is 42.4 Å². The fourth-order valence-corrected chi connectivity index (χ4v) is 4.11. The van der Waals surface area contributed by atoms with Crippen LogP contribution in [0.25, 0.3) is 22.7 Å². The Morgan fingerprint density at radius 2 is 1.97 bits per heavy atom. The first-order valence-corrected chi connectivity index (χ1v) is 10.2. The molecule has 1 aromatic carbocycles. The molecule has 0 bridgehead atoms. The Balaban J connectivity index is 1.46. The molecule has 3 aromatic heterocycles. The highest BCUT2D eigenvalue weighted by atomic mass is 16.5. The maximum Gasteiger partial charge on any atom is 0.267 e. The first-order chi connectivity index (χ1) is 15.0. The van der Waals surface area contributed by atoms with Crippen LogP contribution in [0.4, 0.5) is 5.95 Å². The topological polar surface area (TPSA) is 94.9 Å². The fourth-order valence-electron chi connectivity index (χ4n) is 4.11. The van der Waals surface area contributed by atoms with Crippen LogP contribution in [0, 0.1) is 6.92 Å². The second-order valence-corrected chi connectivity index (χ2v) is 7.93. The van der Waals surface area contributed by atoms with Gasteiger partial charge >= 0.3 is 0 Å². The van der Waals surface area contributed by atoms with E-state index < -0.39 is 0 Å². The molecule has 158 valence electrons. The van der Waals surface area contributed by atoms with E-state index in [1.54, 1.807) is 13.2 Å². The van der Waals surface area contributed by atoms with Crippen LogP contribution in [0.3, 0.4) is 0 Å². The van der Waals surface area contributed by atoms with Crippen molar-refractivity contribution in [2.24, 2.45) is 14.1 Å². The van der Waals surface area contributed by atoms with Gasteiger partial charge in [0.25, 0.3) is 5.56 Å². The first kappa shape index (κ1) is 19.2. The predicted molar refractivity (Wildman–Crippen MR) is 115 cm³/mol. The summed E-state index contributed by atoms with van der Waals surface area (Å²) in [5.74, 6) is 2.10. The lowest BCUT2D eigenvalue weighted by atomic mass is 10.1. The maximum atomic E-state index is 12.0. The third-order valence-corrected chi connectivity index (χ3v) is 5.76. The fraction of sp³-hybridized carbons (Fsp3) is 0.318. The SMILES string of the molecule is Cc1cccc(-c2cc([C@H]3CCCN3c3nnc(-c4cnn(C)c(=O)c4)n3C)no2)c1. The van der Waals surface area contributed by atoms with Gasteiger partial charge in [0, 0.05) is 43.9 Å². The van der Waals surface area contributed by atoms with Crippen LogP contribution in [0.15, 0.2) is 51.9 Å². The summed E-state index contributed by atoms with van der Waals surface area (Å²) >= 11 is 0. The molecule has 0 unspecified atom stereocenters. The molecule has 31 heavy (non-hydrogen) atoms. The molecule has 0 amide bonds. The van der Waals surface area contributed by atoms with Crippen LogP contribution in [-0.2, 0) is 14.1 Å². The van der Waals surface area contributed by atoms with Crippen molar-refractivity contribution in [3.05, 3.63) is 64.2 Å². The monoisotopic (exact) mass is 417 g/mol. The number of benzene rings is 1. The Morgan fingerprint density at radius 1 is 1.10 bits per heavy atom. The maximum absolute atomic E-state index is 12.0. The minimum atomic E-state index is -0.188. The van der Waals surface area contributed by atoms with Crippen LogP contribution in [0.1, 0.15) is 30.1 Å². The van der Waals surface area contributed by atoms with Gasteiger partial charge < -0.3 is 9.42 Å². The van der Waals surface area contributed by atoms with E-state index in [-0.39, 0.29) is 11.6 Å². The summed E-state index contributed by atoms with van der Waals surface area (Å²) in [6, 6.07) is 11.8. The molecule has 0 N–H and O–H groups in total. The number of anilines is 1. The van der Waals surface area contributed by atoms with Crippen molar-refractivity contribution in [1.82, 2.24) is 29.7 Å². The van der Waals surface area contributed by atoms with Gasteiger partial charge in [-0.1, -0.05) is 28.9 Å². The van der Waals surface area contributed by atoms with E-state index in [4.69, 9.17) is 4.52 Å². The van der Waals surface area contributed by atoms with Gasteiger partial charge in [0.15, 0.2) is 11.6 Å². The molecule has 1 aliphatic rings. The largest absolute Gasteiger partial charge is 0.356 e. The molecule has 5 rings (SSSR count). The number of aromatic nitrogens is 6. The average molecular weight is 417 g/mol. The van der Waals surface area contributed by atoms with Gasteiger partial charge in [-0.05, 0) is 25.8 Å². The van der Waals surface area contributed by atoms with E-state index >= 15 is 0 Å². The van der Waals surface area contributed by atoms with Crippen molar-refractivity contribution in [2.45, 2.75) is 25.8 Å². The van der Waals surface area contributed by atoms with Gasteiger partial charge in [0.2, 0.25) is 5.95 Å². The molecule has 0 radical (unpaired) electrons. The zero-order chi connectivity index (χ0) is 21.5. The Bertz CT molecular complexity index is 1300. The summed E-state index contributed by atoms with van der Waals surface area (Å²) in [7, 11) is 3.52. The molecule has 1 fully saturated rings. The second kappa shape index (κ2) is 7.50. The van der Waals surface area contributed by atoms with Crippen molar-refractivity contribution in [1.29, 1.82) is 0 Å². The van der Waals surface area contributed by atoms with E-state index in [1.165, 1.54) is 16.3 Å². The quantitative estimate of drug-likeness (QED) is 0.504. The number of nitrogens with zero attached hydrogens (tertiary/aromatic N) is 7. The summed E-state index contributed by atoms with van der Waals surface area (Å²) in [5, 5.41) is 17.2. The molecule has 4 aromatic rings. The molecule has 4 heterocycles. The first-order valence-electron chi connectivity index (χ1n) is 10.2. The normalized spacial score (nSPS) is 16.2. The summed E-state index contributed by atoms with van der Waals surface area (Å²) in [6.07, 6.45) is 3.60. The molecule has 0 aliphatic carbocycles. The second-order valence-electron chi connectivity index (χ2n) is 7.93. The summed E-state index contributed by atoms with van der Waals surface area (Å²) < 4.78 is 8.85. The minimum absolute atomic E-state index is 0.0554. The van der Waals surface area contributed by atoms with Gasteiger partial charge in [-0.25, -0.2) is 4.68 Å². The van der Waals surface area contributed by atoms with Gasteiger partial charge in [-0.15, -0.1) is 10.2 Å². The van der Waals surface area contributed by atoms with Crippen molar-refractivity contribution in [3.8, 4) is 22.7 Å². The average Bonchev–Trinajstić information content (AvgIpc) is 3.49. The number of hydrogen-bond donors (Lipinski definition) is 0. The van der Waals surface area contributed by atoms with E-state index in [1.807, 2.05) is 29.8 Å². The number of aryl methyl sites for hydroxylation is 2. The zero-order valence-corrected chi connectivity index (χ0v) is 17.7. The Hall–Kier alpha value is -3.75. The standard InChI is InChI=1S/C22H23N7O2/c1-14-6-4-7-15(10-14)19-12-17(26-31-19)18-8-5-9-29(18)22-25-24-21(27(22)2)16-11-20(30)28(3)23-13-16/h4,6-7,10-13,18H,5,8-9H2,1-3H3/t18-/m1/s1. The summed E-state index contributed by atoms with van der Waals surface area (Å²) in [5.41, 5.74) is 3.53. The molecular weight excluding hydrogens is 394 g/mol. The predicted octanol–water partition coefficient (Wildman–Crippen LogP) is 2.88. The number of rotatable bonds is 4. The molecule has 9 nitrogen and oxygen atoms in total. The van der Waals surface area contributed by atoms with Gasteiger partial charge in [-0.2, -0.15) is 5.10 Å². The van der Waals surface area contributed by atoms with E-state index in [0.29, 0.717) is 11.4 Å². The number of hydrogen-bond acceptors (Lipinski definition) is 7. The molecule has 9 heteroatoms. The summed E-state index contributed by atoms with van der Waals surface area (Å²) in [4.78, 5) is 14.2. The van der Waals surface area contributed by atoms with Crippen LogP contribution >= 0.6 is 0 Å². The Labute approximate surface area is 178 Å². The van der Waals surface area contributed by atoms with Crippen LogP contribution in [-0.4, -0.2) is 36.2 Å². The smallest absolute Gasteiger partial charge is 0.267 e. The van der Waals surface area contributed by atoms with Crippen molar-refractivity contribution in [2.75, 3.05) is 11.4 Å². The van der Waals surface area contributed by atoms with E-state index in [9.17, 15) is 4.79 Å². The third-order valence-electron chi connectivity index (χ3n) is 5.76. The Morgan fingerprint density at radius 3 is 2.77 bits per heavy atom.